The van der Waals surface area contributed by atoms with Crippen LogP contribution >= 0.6 is 0 Å². The van der Waals surface area contributed by atoms with Crippen LogP contribution in [-0.2, 0) is 4.79 Å². The summed E-state index contributed by atoms with van der Waals surface area (Å²) < 4.78 is 0. The molecule has 4 rings (SSSR count). The third kappa shape index (κ3) is 2.01. The Morgan fingerprint density at radius 3 is 2.78 bits per heavy atom. The zero-order valence-electron chi connectivity index (χ0n) is 14.7. The first-order chi connectivity index (χ1) is 10.9. The van der Waals surface area contributed by atoms with Gasteiger partial charge in [-0.2, -0.15) is 0 Å². The molecule has 23 heavy (non-hydrogen) atoms. The van der Waals surface area contributed by atoms with E-state index in [1.807, 2.05) is 0 Å². The third-order valence-electron chi connectivity index (χ3n) is 8.35. The molecule has 3 fully saturated rings. The summed E-state index contributed by atoms with van der Waals surface area (Å²) in [6, 6.07) is 0.293. The predicted octanol–water partition coefficient (Wildman–Crippen LogP) is 3.28. The summed E-state index contributed by atoms with van der Waals surface area (Å²) in [7, 11) is 0. The van der Waals surface area contributed by atoms with Crippen molar-refractivity contribution in [1.29, 1.82) is 0 Å². The van der Waals surface area contributed by atoms with E-state index in [2.05, 4.69) is 32.2 Å². The number of fused-ring (bicyclic) bond motifs is 5. The molecule has 3 nitrogen and oxygen atoms in total. The molecule has 0 aromatic heterocycles. The van der Waals surface area contributed by atoms with Crippen molar-refractivity contribution in [3.05, 3.63) is 12.2 Å². The molecule has 3 saturated carbocycles. The van der Waals surface area contributed by atoms with E-state index >= 15 is 0 Å². The molecular weight excluding hydrogens is 286 g/mol. The van der Waals surface area contributed by atoms with Crippen molar-refractivity contribution < 1.29 is 9.90 Å². The van der Waals surface area contributed by atoms with Crippen molar-refractivity contribution in [3.8, 4) is 0 Å². The Bertz CT molecular complexity index is 544. The van der Waals surface area contributed by atoms with Crippen LogP contribution in [0.5, 0.6) is 0 Å². The number of nitrogens with one attached hydrogen (secondary N) is 1. The number of aliphatic hydroxyl groups excluding tert-OH is 1. The molecule has 1 amide bonds. The van der Waals surface area contributed by atoms with Gasteiger partial charge in [-0.15, -0.1) is 0 Å². The van der Waals surface area contributed by atoms with Gasteiger partial charge in [0.05, 0.1) is 6.10 Å². The van der Waals surface area contributed by atoms with Crippen molar-refractivity contribution in [3.63, 3.8) is 0 Å². The summed E-state index contributed by atoms with van der Waals surface area (Å²) in [5, 5.41) is 13.9. The van der Waals surface area contributed by atoms with Gasteiger partial charge in [0, 0.05) is 11.5 Å². The molecule has 1 aliphatic heterocycles. The first-order valence-electron chi connectivity index (χ1n) is 9.58. The van der Waals surface area contributed by atoms with Gasteiger partial charge in [-0.3, -0.25) is 4.79 Å². The first kappa shape index (κ1) is 15.7. The summed E-state index contributed by atoms with van der Waals surface area (Å²) >= 11 is 0. The fourth-order valence-electron chi connectivity index (χ4n) is 6.89. The summed E-state index contributed by atoms with van der Waals surface area (Å²) in [5.74, 6) is 2.77. The highest BCUT2D eigenvalue weighted by atomic mass is 16.3. The Morgan fingerprint density at radius 2 is 2.04 bits per heavy atom. The van der Waals surface area contributed by atoms with Gasteiger partial charge in [0.1, 0.15) is 0 Å². The van der Waals surface area contributed by atoms with Gasteiger partial charge in [0.15, 0.2) is 0 Å². The van der Waals surface area contributed by atoms with Crippen LogP contribution in [0.3, 0.4) is 0 Å². The monoisotopic (exact) mass is 317 g/mol. The number of hydrogen-bond donors (Lipinski definition) is 2. The van der Waals surface area contributed by atoms with Crippen molar-refractivity contribution in [1.82, 2.24) is 5.32 Å². The fraction of sp³-hybridized carbons (Fsp3) is 0.850. The van der Waals surface area contributed by atoms with Gasteiger partial charge in [-0.25, -0.2) is 0 Å². The number of hydrogen-bond acceptors (Lipinski definition) is 2. The second-order valence-electron chi connectivity index (χ2n) is 9.09. The molecule has 0 bridgehead atoms. The minimum atomic E-state index is -0.113. The molecule has 3 aliphatic carbocycles. The topological polar surface area (TPSA) is 49.3 Å². The van der Waals surface area contributed by atoms with Crippen molar-refractivity contribution in [2.24, 2.45) is 34.5 Å². The zero-order valence-corrected chi connectivity index (χ0v) is 14.7. The Labute approximate surface area is 139 Å². The molecule has 0 spiro atoms. The summed E-state index contributed by atoms with van der Waals surface area (Å²) in [5.41, 5.74) is 0.221. The van der Waals surface area contributed by atoms with Crippen molar-refractivity contribution >= 4 is 5.91 Å². The Morgan fingerprint density at radius 1 is 1.26 bits per heavy atom. The summed E-state index contributed by atoms with van der Waals surface area (Å²) in [6.45, 7) is 7.01. The normalized spacial score (nSPS) is 54.9. The van der Waals surface area contributed by atoms with Crippen LogP contribution in [-0.4, -0.2) is 23.2 Å². The van der Waals surface area contributed by atoms with Crippen LogP contribution in [0.4, 0.5) is 0 Å². The number of rotatable bonds is 1. The van der Waals surface area contributed by atoms with Gasteiger partial charge < -0.3 is 10.4 Å². The number of carbonyl (C=O) groups excluding carboxylic acids is 1. The Balaban J connectivity index is 1.74. The van der Waals surface area contributed by atoms with E-state index in [1.54, 1.807) is 6.08 Å². The highest BCUT2D eigenvalue weighted by molar-refractivity contribution is 5.89. The Hall–Kier alpha value is -0.830. The smallest absolute Gasteiger partial charge is 0.243 e. The molecule has 0 unspecified atom stereocenters. The number of carbonyl (C=O) groups is 1. The highest BCUT2D eigenvalue weighted by Gasteiger charge is 2.61. The molecule has 1 heterocycles. The van der Waals surface area contributed by atoms with E-state index in [0.29, 0.717) is 29.7 Å². The lowest BCUT2D eigenvalue weighted by atomic mass is 9.45. The lowest BCUT2D eigenvalue weighted by molar-refractivity contribution is -0.129. The third-order valence-corrected chi connectivity index (χ3v) is 8.35. The first-order valence-corrected chi connectivity index (χ1v) is 9.58. The summed E-state index contributed by atoms with van der Waals surface area (Å²) in [4.78, 5) is 11.9. The Kier molecular flexibility index (Phi) is 3.46. The molecule has 0 saturated heterocycles. The molecule has 4 aliphatic rings. The maximum Gasteiger partial charge on any atom is 0.243 e. The van der Waals surface area contributed by atoms with Crippen LogP contribution in [0.25, 0.3) is 0 Å². The van der Waals surface area contributed by atoms with Crippen molar-refractivity contribution in [2.45, 2.75) is 71.4 Å². The van der Waals surface area contributed by atoms with E-state index in [-0.39, 0.29) is 22.8 Å². The SMILES string of the molecule is CC[C@H]1C[C@H]2NC(=O)C=C[C@]2(C)[C@H]2CC[C@]3(C)[C@@H](O)CC[C@H]3[C@H]12. The van der Waals surface area contributed by atoms with E-state index in [9.17, 15) is 9.90 Å². The molecule has 2 N–H and O–H groups in total. The van der Waals surface area contributed by atoms with Gasteiger partial charge in [-0.05, 0) is 67.3 Å². The second kappa shape index (κ2) is 5.08. The van der Waals surface area contributed by atoms with E-state index in [1.165, 1.54) is 19.3 Å². The fourth-order valence-corrected chi connectivity index (χ4v) is 6.89. The van der Waals surface area contributed by atoms with E-state index < -0.39 is 0 Å². The van der Waals surface area contributed by atoms with Crippen molar-refractivity contribution in [2.75, 3.05) is 0 Å². The second-order valence-corrected chi connectivity index (χ2v) is 9.09. The van der Waals surface area contributed by atoms with Gasteiger partial charge in [-0.1, -0.05) is 33.3 Å². The largest absolute Gasteiger partial charge is 0.393 e. The van der Waals surface area contributed by atoms with Gasteiger partial charge in [0.25, 0.3) is 0 Å². The zero-order chi connectivity index (χ0) is 16.4. The van der Waals surface area contributed by atoms with E-state index in [4.69, 9.17) is 0 Å². The standard InChI is InChI=1S/C20H31NO2/c1-4-12-11-15-19(2,10-8-17(23)21-15)14-7-9-20(3)13(18(12)14)5-6-16(20)22/h8,10,12-16,18,22H,4-7,9,11H2,1-3H3,(H,21,23)/t12-,13-,14-,15+,16-,18-,19+,20-/m0/s1. The van der Waals surface area contributed by atoms with Crippen LogP contribution in [0.15, 0.2) is 12.2 Å². The quantitative estimate of drug-likeness (QED) is 0.780. The lowest BCUT2D eigenvalue weighted by Crippen LogP contribution is -2.62. The highest BCUT2D eigenvalue weighted by Crippen LogP contribution is 2.64. The summed E-state index contributed by atoms with van der Waals surface area (Å²) in [6.07, 6.45) is 10.7. The molecular formula is C20H31NO2. The average Bonchev–Trinajstić information content (AvgIpc) is 2.83. The van der Waals surface area contributed by atoms with Crippen LogP contribution in [0, 0.1) is 34.5 Å². The van der Waals surface area contributed by atoms with Crippen LogP contribution in [0.1, 0.15) is 59.3 Å². The van der Waals surface area contributed by atoms with Crippen LogP contribution in [0.2, 0.25) is 0 Å². The van der Waals surface area contributed by atoms with E-state index in [0.717, 1.165) is 19.3 Å². The van der Waals surface area contributed by atoms with Crippen LogP contribution < -0.4 is 5.32 Å². The molecule has 0 aromatic rings. The minimum Gasteiger partial charge on any atom is -0.393 e. The predicted molar refractivity (Wildman–Crippen MR) is 90.6 cm³/mol. The molecule has 0 aromatic carbocycles. The maximum absolute atomic E-state index is 11.9. The van der Waals surface area contributed by atoms with Gasteiger partial charge >= 0.3 is 0 Å². The van der Waals surface area contributed by atoms with Gasteiger partial charge in [0.2, 0.25) is 5.91 Å². The molecule has 128 valence electrons. The molecule has 0 radical (unpaired) electrons. The molecule has 3 heteroatoms. The number of aliphatic hydroxyl groups is 1. The maximum atomic E-state index is 11.9. The average molecular weight is 317 g/mol. The lowest BCUT2D eigenvalue weighted by Gasteiger charge is -2.61. The minimum absolute atomic E-state index is 0.0812. The molecule has 8 atom stereocenters. The number of amides is 1.